The van der Waals surface area contributed by atoms with Crippen LogP contribution in [0.25, 0.3) is 12.2 Å². The molecule has 324 valence electrons. The highest BCUT2D eigenvalue weighted by molar-refractivity contribution is 7.98. The Morgan fingerprint density at radius 3 is 1.71 bits per heavy atom. The number of aryl methyl sites for hydroxylation is 1. The molecular weight excluding hydrogens is 861 g/mol. The van der Waals surface area contributed by atoms with Gasteiger partial charge in [-0.15, -0.1) is 0 Å². The Morgan fingerprint density at radius 2 is 1.16 bits per heavy atom. The standard InChI is InChI=1S/C23H25N3O4S2.C23H25N3O2S2/c1-18(20-10-6-3-7-11-20)25-32(29,30)15-13-23-21-17-31(27,28)14-12-22(21)24-26(23)16-19-8-4-2-5-9-19;1-18(20-10-6-3-7-11-20)25-30(27,28)15-13-22-21-17-29-14-12-23(21)26(24-22)16-19-8-4-2-5-9-19/h2-11,13,15,18,25H,12,14,16-17H2,1H3;2-11,13,15,18,25H,12,14,16-17H2,1H3/b2*15-13+/t2*18-/m10/s1. The molecule has 0 saturated carbocycles. The highest BCUT2D eigenvalue weighted by Gasteiger charge is 2.28. The minimum Gasteiger partial charge on any atom is -0.264 e. The molecule has 4 aromatic carbocycles. The van der Waals surface area contributed by atoms with Gasteiger partial charge in [-0.3, -0.25) is 9.36 Å². The molecule has 0 radical (unpaired) electrons. The third-order valence-corrected chi connectivity index (χ3v) is 15.5. The molecule has 2 aliphatic rings. The Bertz CT molecular complexity index is 2850. The summed E-state index contributed by atoms with van der Waals surface area (Å²) in [5.41, 5.74) is 8.83. The van der Waals surface area contributed by atoms with E-state index >= 15 is 0 Å². The third kappa shape index (κ3) is 12.1. The molecule has 8 rings (SSSR count). The van der Waals surface area contributed by atoms with E-state index in [1.807, 2.05) is 133 Å². The van der Waals surface area contributed by atoms with E-state index in [-0.39, 0.29) is 17.5 Å². The van der Waals surface area contributed by atoms with Gasteiger partial charge in [0.2, 0.25) is 20.0 Å². The van der Waals surface area contributed by atoms with Crippen molar-refractivity contribution in [3.8, 4) is 0 Å². The van der Waals surface area contributed by atoms with Gasteiger partial charge >= 0.3 is 0 Å². The minimum absolute atomic E-state index is 0.0555. The first kappa shape index (κ1) is 44.9. The monoisotopic (exact) mass is 910 g/mol. The molecule has 4 heterocycles. The lowest BCUT2D eigenvalue weighted by molar-refractivity contribution is 0.574. The molecule has 0 aliphatic carbocycles. The van der Waals surface area contributed by atoms with Crippen molar-refractivity contribution in [2.24, 2.45) is 0 Å². The molecule has 16 heteroatoms. The molecule has 2 atom stereocenters. The molecular formula is C46H50N6O6S4. The van der Waals surface area contributed by atoms with Crippen LogP contribution in [0.3, 0.4) is 0 Å². The van der Waals surface area contributed by atoms with Crippen LogP contribution in [-0.2, 0) is 67.3 Å². The van der Waals surface area contributed by atoms with E-state index in [1.54, 1.807) is 17.7 Å². The van der Waals surface area contributed by atoms with Crippen molar-refractivity contribution in [3.05, 3.63) is 188 Å². The fraction of sp³-hybridized carbons (Fsp3) is 0.261. The maximum atomic E-state index is 12.7. The number of nitrogens with one attached hydrogen (secondary N) is 2. The lowest BCUT2D eigenvalue weighted by Gasteiger charge is -2.14. The van der Waals surface area contributed by atoms with Gasteiger partial charge in [0.05, 0.1) is 41.7 Å². The lowest BCUT2D eigenvalue weighted by Crippen LogP contribution is -2.24. The van der Waals surface area contributed by atoms with Crippen LogP contribution in [0.4, 0.5) is 0 Å². The Labute approximate surface area is 369 Å². The topological polar surface area (TPSA) is 162 Å². The van der Waals surface area contributed by atoms with E-state index in [2.05, 4.69) is 26.7 Å². The van der Waals surface area contributed by atoms with Crippen molar-refractivity contribution in [2.75, 3.05) is 11.5 Å². The van der Waals surface area contributed by atoms with Gasteiger partial charge in [0.15, 0.2) is 9.84 Å². The number of aromatic nitrogens is 4. The summed E-state index contributed by atoms with van der Waals surface area (Å²) in [6, 6.07) is 38.0. The van der Waals surface area contributed by atoms with E-state index in [0.29, 0.717) is 36.5 Å². The van der Waals surface area contributed by atoms with Gasteiger partial charge in [0, 0.05) is 51.9 Å². The normalized spacial score (nSPS) is 16.0. The second kappa shape index (κ2) is 19.9. The largest absolute Gasteiger partial charge is 0.264 e. The third-order valence-electron chi connectivity index (χ3n) is 10.6. The van der Waals surface area contributed by atoms with Crippen molar-refractivity contribution < 1.29 is 25.3 Å². The molecule has 2 aliphatic heterocycles. The maximum Gasteiger partial charge on any atom is 0.234 e. The van der Waals surface area contributed by atoms with E-state index < -0.39 is 35.9 Å². The number of benzene rings is 4. The summed E-state index contributed by atoms with van der Waals surface area (Å²) in [4.78, 5) is 0. The molecule has 0 bridgehead atoms. The zero-order valence-corrected chi connectivity index (χ0v) is 37.8. The number of nitrogens with zero attached hydrogens (tertiary/aromatic N) is 4. The van der Waals surface area contributed by atoms with E-state index in [1.165, 1.54) is 22.7 Å². The number of rotatable bonds is 14. The fourth-order valence-corrected chi connectivity index (χ4v) is 11.8. The van der Waals surface area contributed by atoms with Crippen LogP contribution >= 0.6 is 11.8 Å². The average Bonchev–Trinajstić information content (AvgIpc) is 3.79. The van der Waals surface area contributed by atoms with Crippen LogP contribution in [0.15, 0.2) is 132 Å². The van der Waals surface area contributed by atoms with Crippen molar-refractivity contribution in [1.29, 1.82) is 0 Å². The molecule has 62 heavy (non-hydrogen) atoms. The lowest BCUT2D eigenvalue weighted by atomic mass is 10.1. The number of hydrogen-bond acceptors (Lipinski definition) is 9. The molecule has 6 aromatic rings. The van der Waals surface area contributed by atoms with Crippen LogP contribution in [-0.4, -0.2) is 56.3 Å². The molecule has 0 spiro atoms. The summed E-state index contributed by atoms with van der Waals surface area (Å²) in [5, 5.41) is 11.7. The van der Waals surface area contributed by atoms with E-state index in [9.17, 15) is 25.3 Å². The predicted octanol–water partition coefficient (Wildman–Crippen LogP) is 7.43. The maximum absolute atomic E-state index is 12.7. The molecule has 2 aromatic heterocycles. The quantitative estimate of drug-likeness (QED) is 0.113. The molecule has 2 N–H and O–H groups in total. The van der Waals surface area contributed by atoms with Gasteiger partial charge in [-0.1, -0.05) is 121 Å². The highest BCUT2D eigenvalue weighted by Crippen LogP contribution is 2.30. The Kier molecular flexibility index (Phi) is 14.5. The van der Waals surface area contributed by atoms with Crippen molar-refractivity contribution in [3.63, 3.8) is 0 Å². The van der Waals surface area contributed by atoms with Gasteiger partial charge in [-0.25, -0.2) is 34.7 Å². The van der Waals surface area contributed by atoms with Gasteiger partial charge in [-0.05, 0) is 60.4 Å². The Hall–Kier alpha value is -5.10. The zero-order chi connectivity index (χ0) is 43.7. The van der Waals surface area contributed by atoms with Crippen LogP contribution in [0, 0.1) is 0 Å². The minimum atomic E-state index is -3.77. The van der Waals surface area contributed by atoms with Crippen LogP contribution in [0.5, 0.6) is 0 Å². The van der Waals surface area contributed by atoms with Crippen molar-refractivity contribution in [1.82, 2.24) is 29.0 Å². The first-order valence-electron chi connectivity index (χ1n) is 20.3. The molecule has 12 nitrogen and oxygen atoms in total. The van der Waals surface area contributed by atoms with Crippen molar-refractivity contribution in [2.45, 2.75) is 63.4 Å². The average molecular weight is 911 g/mol. The number of fused-ring (bicyclic) bond motifs is 2. The zero-order valence-electron chi connectivity index (χ0n) is 34.5. The molecule has 0 amide bonds. The summed E-state index contributed by atoms with van der Waals surface area (Å²) in [5.74, 6) is 1.84. The van der Waals surface area contributed by atoms with E-state index in [0.717, 1.165) is 51.3 Å². The number of sulfone groups is 1. The van der Waals surface area contributed by atoms with Crippen LogP contribution in [0.2, 0.25) is 0 Å². The van der Waals surface area contributed by atoms with Gasteiger partial charge < -0.3 is 0 Å². The SMILES string of the molecule is C[C@@H](NS(=O)(=O)/C=C/c1c2c(nn1Cc1ccccc1)CCS(=O)(=O)C2)c1ccccc1.C[C@H](NS(=O)(=O)/C=C/c1nn(Cc2ccccc2)c2c1CSCC2)c1ccccc1. The van der Waals surface area contributed by atoms with Gasteiger partial charge in [0.1, 0.15) is 0 Å². The summed E-state index contributed by atoms with van der Waals surface area (Å²) in [6.07, 6.45) is 4.36. The molecule has 0 saturated heterocycles. The molecule has 0 fully saturated rings. The first-order chi connectivity index (χ1) is 29.7. The summed E-state index contributed by atoms with van der Waals surface area (Å²) < 4.78 is 84.2. The second-order valence-electron chi connectivity index (χ2n) is 15.2. The Balaban J connectivity index is 0.000000187. The van der Waals surface area contributed by atoms with Gasteiger partial charge in [-0.2, -0.15) is 22.0 Å². The molecule has 0 unspecified atom stereocenters. The van der Waals surface area contributed by atoms with Crippen LogP contribution < -0.4 is 9.44 Å². The summed E-state index contributed by atoms with van der Waals surface area (Å²) in [6.45, 7) is 4.72. The van der Waals surface area contributed by atoms with E-state index in [4.69, 9.17) is 5.10 Å². The number of sulfonamides is 2. The predicted molar refractivity (Wildman–Crippen MR) is 248 cm³/mol. The van der Waals surface area contributed by atoms with Gasteiger partial charge in [0.25, 0.3) is 0 Å². The fourth-order valence-electron chi connectivity index (χ4n) is 7.38. The number of thioether (sulfide) groups is 1. The first-order valence-corrected chi connectivity index (χ1v) is 26.3. The smallest absolute Gasteiger partial charge is 0.234 e. The van der Waals surface area contributed by atoms with Crippen molar-refractivity contribution >= 4 is 53.8 Å². The highest BCUT2D eigenvalue weighted by atomic mass is 32.2. The second-order valence-corrected chi connectivity index (χ2v) is 21.7. The summed E-state index contributed by atoms with van der Waals surface area (Å²) >= 11 is 1.86. The Morgan fingerprint density at radius 1 is 0.661 bits per heavy atom. The summed E-state index contributed by atoms with van der Waals surface area (Å²) in [7, 11) is -10.6. The van der Waals surface area contributed by atoms with Crippen LogP contribution in [0.1, 0.15) is 82.1 Å². The number of hydrogen-bond donors (Lipinski definition) is 2.